The molecule has 2 aromatic carbocycles. The van der Waals surface area contributed by atoms with Gasteiger partial charge in [0.25, 0.3) is 0 Å². The van der Waals surface area contributed by atoms with Gasteiger partial charge in [-0.05, 0) is 53.7 Å². The van der Waals surface area contributed by atoms with Crippen molar-refractivity contribution < 1.29 is 4.79 Å². The van der Waals surface area contributed by atoms with E-state index in [1.54, 1.807) is 18.5 Å². The molecule has 2 aliphatic heterocycles. The van der Waals surface area contributed by atoms with Crippen molar-refractivity contribution in [2.24, 2.45) is 0 Å². The zero-order valence-corrected chi connectivity index (χ0v) is 18.7. The van der Waals surface area contributed by atoms with Crippen molar-refractivity contribution in [3.63, 3.8) is 0 Å². The summed E-state index contributed by atoms with van der Waals surface area (Å²) in [4.78, 5) is 18.5. The van der Waals surface area contributed by atoms with Crippen molar-refractivity contribution in [3.8, 4) is 0 Å². The number of rotatable bonds is 4. The maximum atomic E-state index is 11.8. The van der Waals surface area contributed by atoms with Gasteiger partial charge in [-0.2, -0.15) is 4.37 Å². The van der Waals surface area contributed by atoms with Gasteiger partial charge in [0, 0.05) is 62.3 Å². The van der Waals surface area contributed by atoms with Crippen LogP contribution >= 0.6 is 23.1 Å². The second kappa shape index (κ2) is 8.17. The molecule has 0 aliphatic carbocycles. The molecule has 5 rings (SSSR count). The van der Waals surface area contributed by atoms with Crippen molar-refractivity contribution in [1.29, 1.82) is 0 Å². The van der Waals surface area contributed by atoms with E-state index in [1.165, 1.54) is 21.2 Å². The lowest BCUT2D eigenvalue weighted by atomic mass is 10.1. The number of amides is 1. The summed E-state index contributed by atoms with van der Waals surface area (Å²) in [7, 11) is 0. The topological polar surface area (TPSA) is 39.7 Å². The third-order valence-electron chi connectivity index (χ3n) is 6.25. The molecule has 0 saturated carbocycles. The maximum absolute atomic E-state index is 11.8. The van der Waals surface area contributed by atoms with Gasteiger partial charge < -0.3 is 9.80 Å². The first-order valence-electron chi connectivity index (χ1n) is 10.5. The lowest BCUT2D eigenvalue weighted by Crippen LogP contribution is -2.47. The first kappa shape index (κ1) is 19.8. The number of nitrogens with zero attached hydrogens (tertiary/aromatic N) is 4. The van der Waals surface area contributed by atoms with Gasteiger partial charge in [-0.25, -0.2) is 0 Å². The van der Waals surface area contributed by atoms with Gasteiger partial charge in [0.2, 0.25) is 5.91 Å². The van der Waals surface area contributed by atoms with Crippen LogP contribution in [0.5, 0.6) is 0 Å². The number of halogens is 1. The fourth-order valence-corrected chi connectivity index (χ4v) is 5.59. The molecular weight excluding hydrogens is 416 g/mol. The lowest BCUT2D eigenvalue weighted by Gasteiger charge is -2.35. The molecule has 156 valence electrons. The van der Waals surface area contributed by atoms with E-state index < -0.39 is 0 Å². The number of carbonyl (C=O) groups excluding carboxylic acids is 1. The van der Waals surface area contributed by atoms with E-state index in [1.807, 2.05) is 11.0 Å². The summed E-state index contributed by atoms with van der Waals surface area (Å²) in [5.41, 5.74) is 3.42. The molecule has 3 heterocycles. The third-order valence-corrected chi connectivity index (χ3v) is 7.42. The molecule has 5 nitrogen and oxygen atoms in total. The number of fused-ring (bicyclic) bond motifs is 2. The summed E-state index contributed by atoms with van der Waals surface area (Å²) in [5.74, 6) is 1.22. The summed E-state index contributed by atoms with van der Waals surface area (Å²) < 4.78 is 5.96. The predicted octanol–water partition coefficient (Wildman–Crippen LogP) is 4.22. The second-order valence-corrected chi connectivity index (χ2v) is 9.29. The van der Waals surface area contributed by atoms with Crippen molar-refractivity contribution in [3.05, 3.63) is 52.5 Å². The molecule has 2 aliphatic rings. The van der Waals surface area contributed by atoms with Crippen LogP contribution < -0.4 is 9.80 Å². The quantitative estimate of drug-likeness (QED) is 0.608. The molecule has 1 aromatic heterocycles. The molecule has 7 heteroatoms. The van der Waals surface area contributed by atoms with Crippen LogP contribution in [0.1, 0.15) is 18.1 Å². The zero-order valence-electron chi connectivity index (χ0n) is 17.1. The van der Waals surface area contributed by atoms with Crippen molar-refractivity contribution in [2.75, 3.05) is 49.1 Å². The van der Waals surface area contributed by atoms with E-state index in [-0.39, 0.29) is 5.91 Å². The Labute approximate surface area is 186 Å². The van der Waals surface area contributed by atoms with Crippen LogP contribution in [0.15, 0.2) is 36.4 Å². The van der Waals surface area contributed by atoms with Crippen molar-refractivity contribution >= 4 is 50.6 Å². The van der Waals surface area contributed by atoms with Crippen molar-refractivity contribution in [2.45, 2.75) is 19.8 Å². The van der Waals surface area contributed by atoms with Crippen LogP contribution in [0, 0.1) is 0 Å². The molecule has 0 spiro atoms. The lowest BCUT2D eigenvalue weighted by molar-refractivity contribution is -0.116. The summed E-state index contributed by atoms with van der Waals surface area (Å²) >= 11 is 8.15. The van der Waals surface area contributed by atoms with Crippen LogP contribution in [0.3, 0.4) is 0 Å². The average molecular weight is 441 g/mol. The Morgan fingerprint density at radius 1 is 1.13 bits per heavy atom. The summed E-state index contributed by atoms with van der Waals surface area (Å²) in [6, 6.07) is 12.7. The number of piperazine rings is 1. The fraction of sp³-hybridized carbons (Fsp3) is 0.391. The highest BCUT2D eigenvalue weighted by Gasteiger charge is 2.24. The number of carbonyl (C=O) groups is 1. The number of aromatic nitrogens is 1. The molecule has 0 N–H and O–H groups in total. The van der Waals surface area contributed by atoms with Gasteiger partial charge in [-0.15, -0.1) is 0 Å². The number of anilines is 2. The molecule has 1 saturated heterocycles. The zero-order chi connectivity index (χ0) is 20.7. The summed E-state index contributed by atoms with van der Waals surface area (Å²) in [6.45, 7) is 7.45. The Morgan fingerprint density at radius 3 is 2.73 bits per heavy atom. The molecule has 1 amide bonds. The molecular formula is C23H25ClN4OS. The van der Waals surface area contributed by atoms with E-state index in [0.717, 1.165) is 68.6 Å². The first-order valence-corrected chi connectivity index (χ1v) is 11.7. The van der Waals surface area contributed by atoms with Gasteiger partial charge in [-0.3, -0.25) is 9.69 Å². The van der Waals surface area contributed by atoms with Gasteiger partial charge in [0.15, 0.2) is 0 Å². The highest BCUT2D eigenvalue weighted by Crippen LogP contribution is 2.34. The van der Waals surface area contributed by atoms with Gasteiger partial charge in [0.05, 0.1) is 4.70 Å². The van der Waals surface area contributed by atoms with E-state index in [0.29, 0.717) is 0 Å². The van der Waals surface area contributed by atoms with E-state index in [4.69, 9.17) is 16.0 Å². The molecule has 0 atom stereocenters. The molecule has 3 aromatic rings. The first-order chi connectivity index (χ1) is 14.6. The Hall–Kier alpha value is -2.15. The van der Waals surface area contributed by atoms with Crippen LogP contribution in [-0.2, 0) is 17.6 Å². The normalized spacial score (nSPS) is 17.0. The fourth-order valence-electron chi connectivity index (χ4n) is 4.54. The molecule has 1 fully saturated rings. The Bertz CT molecular complexity index is 1090. The Morgan fingerprint density at radius 2 is 1.93 bits per heavy atom. The van der Waals surface area contributed by atoms with Crippen molar-refractivity contribution in [1.82, 2.24) is 9.27 Å². The van der Waals surface area contributed by atoms with Crippen LogP contribution in [0.2, 0.25) is 5.02 Å². The molecule has 0 unspecified atom stereocenters. The minimum Gasteiger partial charge on any atom is -0.353 e. The minimum absolute atomic E-state index is 0.0864. The van der Waals surface area contributed by atoms with E-state index in [2.05, 4.69) is 40.1 Å². The Kier molecular flexibility index (Phi) is 5.39. The molecule has 30 heavy (non-hydrogen) atoms. The SMILES string of the molecule is CC(=O)N1CCc2cc(CCN3CCN(c4nsc5ccccc45)CC3)c(Cl)cc21. The maximum Gasteiger partial charge on any atom is 0.223 e. The highest BCUT2D eigenvalue weighted by molar-refractivity contribution is 7.13. The van der Waals surface area contributed by atoms with Gasteiger partial charge >= 0.3 is 0 Å². The predicted molar refractivity (Wildman–Crippen MR) is 125 cm³/mol. The smallest absolute Gasteiger partial charge is 0.223 e. The number of hydrogen-bond donors (Lipinski definition) is 0. The van der Waals surface area contributed by atoms with E-state index >= 15 is 0 Å². The number of benzene rings is 2. The Balaban J connectivity index is 1.20. The number of hydrogen-bond acceptors (Lipinski definition) is 5. The summed E-state index contributed by atoms with van der Waals surface area (Å²) in [5, 5.41) is 2.04. The average Bonchev–Trinajstić information content (AvgIpc) is 3.36. The third kappa shape index (κ3) is 3.68. The van der Waals surface area contributed by atoms with Crippen LogP contribution in [-0.4, -0.2) is 54.4 Å². The molecule has 0 radical (unpaired) electrons. The monoisotopic (exact) mass is 440 g/mol. The van der Waals surface area contributed by atoms with E-state index in [9.17, 15) is 4.79 Å². The van der Waals surface area contributed by atoms with Crippen LogP contribution in [0.25, 0.3) is 10.1 Å². The standard InChI is InChI=1S/C23H25ClN4OS/c1-16(29)28-9-7-18-14-17(20(24)15-21(18)28)6-8-26-10-12-27(13-11-26)23-19-4-2-3-5-22(19)30-25-23/h2-5,14-15H,6-13H2,1H3. The molecule has 0 bridgehead atoms. The van der Waals surface area contributed by atoms with Gasteiger partial charge in [-0.1, -0.05) is 29.8 Å². The summed E-state index contributed by atoms with van der Waals surface area (Å²) in [6.07, 6.45) is 1.85. The second-order valence-electron chi connectivity index (χ2n) is 8.07. The van der Waals surface area contributed by atoms with Gasteiger partial charge in [0.1, 0.15) is 5.82 Å². The largest absolute Gasteiger partial charge is 0.353 e. The minimum atomic E-state index is 0.0864. The van der Waals surface area contributed by atoms with Crippen LogP contribution in [0.4, 0.5) is 11.5 Å². The highest BCUT2D eigenvalue weighted by atomic mass is 35.5.